The summed E-state index contributed by atoms with van der Waals surface area (Å²) in [6.45, 7) is 2.22. The summed E-state index contributed by atoms with van der Waals surface area (Å²) < 4.78 is 5.08. The second-order valence-electron chi connectivity index (χ2n) is 4.71. The van der Waals surface area contributed by atoms with Gasteiger partial charge in [0.15, 0.2) is 5.78 Å². The minimum Gasteiger partial charge on any atom is -0.497 e. The highest BCUT2D eigenvalue weighted by atomic mass is 16.5. The Morgan fingerprint density at radius 1 is 1.25 bits per heavy atom. The summed E-state index contributed by atoms with van der Waals surface area (Å²) in [5.74, 6) is 2.04. The van der Waals surface area contributed by atoms with Crippen molar-refractivity contribution in [3.8, 4) is 5.75 Å². The molecule has 2 nitrogen and oxygen atoms in total. The number of benzene rings is 1. The highest BCUT2D eigenvalue weighted by Gasteiger charge is 2.27. The number of carbonyl (C=O) groups is 1. The number of hydrogen-bond donors (Lipinski definition) is 0. The van der Waals surface area contributed by atoms with Crippen LogP contribution >= 0.6 is 0 Å². The maximum Gasteiger partial charge on any atom is 0.165 e. The van der Waals surface area contributed by atoms with Crippen molar-refractivity contribution in [3.05, 3.63) is 29.8 Å². The molecule has 1 fully saturated rings. The van der Waals surface area contributed by atoms with Gasteiger partial charge in [-0.15, -0.1) is 0 Å². The van der Waals surface area contributed by atoms with Gasteiger partial charge in [-0.1, -0.05) is 6.92 Å². The van der Waals surface area contributed by atoms with Crippen molar-refractivity contribution in [3.63, 3.8) is 0 Å². The smallest absolute Gasteiger partial charge is 0.165 e. The lowest BCUT2D eigenvalue weighted by atomic mass is 9.95. The zero-order chi connectivity index (χ0) is 11.5. The summed E-state index contributed by atoms with van der Waals surface area (Å²) in [7, 11) is 1.63. The highest BCUT2D eigenvalue weighted by Crippen LogP contribution is 2.32. The van der Waals surface area contributed by atoms with Crippen LogP contribution in [0.25, 0.3) is 0 Å². The van der Waals surface area contributed by atoms with E-state index in [-0.39, 0.29) is 5.92 Å². The van der Waals surface area contributed by atoms with E-state index in [1.165, 1.54) is 6.42 Å². The average molecular weight is 218 g/mol. The number of Topliss-reactive ketones (excluding diaryl/α,β-unsaturated/α-hetero) is 1. The van der Waals surface area contributed by atoms with Gasteiger partial charge in [-0.3, -0.25) is 4.79 Å². The van der Waals surface area contributed by atoms with Gasteiger partial charge < -0.3 is 4.74 Å². The molecule has 1 aliphatic carbocycles. The van der Waals surface area contributed by atoms with Crippen LogP contribution in [0.4, 0.5) is 0 Å². The Labute approximate surface area is 96.6 Å². The van der Waals surface area contributed by atoms with Crippen molar-refractivity contribution in [1.82, 2.24) is 0 Å². The summed E-state index contributed by atoms with van der Waals surface area (Å²) in [4.78, 5) is 12.2. The van der Waals surface area contributed by atoms with Crippen LogP contribution in [0.2, 0.25) is 0 Å². The zero-order valence-electron chi connectivity index (χ0n) is 9.90. The Bertz CT molecular complexity index is 367. The molecule has 0 amide bonds. The Hall–Kier alpha value is -1.31. The van der Waals surface area contributed by atoms with E-state index < -0.39 is 0 Å². The fraction of sp³-hybridized carbons (Fsp3) is 0.500. The number of hydrogen-bond acceptors (Lipinski definition) is 2. The average Bonchev–Trinajstić information content (AvgIpc) is 2.75. The standard InChI is InChI=1S/C14H18O2/c1-10-3-4-12(9-10)14(15)11-5-7-13(16-2)8-6-11/h5-8,10,12H,3-4,9H2,1-2H3. The molecule has 0 N–H and O–H groups in total. The maximum absolute atomic E-state index is 12.2. The van der Waals surface area contributed by atoms with Crippen LogP contribution in [0, 0.1) is 11.8 Å². The van der Waals surface area contributed by atoms with Crippen molar-refractivity contribution in [1.29, 1.82) is 0 Å². The van der Waals surface area contributed by atoms with Crippen LogP contribution in [-0.2, 0) is 0 Å². The van der Waals surface area contributed by atoms with E-state index in [0.29, 0.717) is 11.7 Å². The zero-order valence-corrected chi connectivity index (χ0v) is 9.90. The number of ketones is 1. The molecule has 86 valence electrons. The van der Waals surface area contributed by atoms with Crippen LogP contribution in [0.1, 0.15) is 36.5 Å². The first-order valence-electron chi connectivity index (χ1n) is 5.89. The molecule has 0 aromatic heterocycles. The second kappa shape index (κ2) is 4.69. The molecular weight excluding hydrogens is 200 g/mol. The first kappa shape index (κ1) is 11.2. The van der Waals surface area contributed by atoms with E-state index in [0.717, 1.165) is 24.2 Å². The molecule has 2 heteroatoms. The molecule has 16 heavy (non-hydrogen) atoms. The maximum atomic E-state index is 12.2. The number of ether oxygens (including phenoxy) is 1. The van der Waals surface area contributed by atoms with Gasteiger partial charge in [0, 0.05) is 11.5 Å². The third-order valence-electron chi connectivity index (χ3n) is 3.44. The van der Waals surface area contributed by atoms with Gasteiger partial charge in [-0.2, -0.15) is 0 Å². The topological polar surface area (TPSA) is 26.3 Å². The van der Waals surface area contributed by atoms with E-state index in [9.17, 15) is 4.79 Å². The van der Waals surface area contributed by atoms with Crippen LogP contribution in [0.15, 0.2) is 24.3 Å². The molecule has 0 aliphatic heterocycles. The van der Waals surface area contributed by atoms with Gasteiger partial charge in [-0.25, -0.2) is 0 Å². The third-order valence-corrected chi connectivity index (χ3v) is 3.44. The summed E-state index contributed by atoms with van der Waals surface area (Å²) >= 11 is 0. The lowest BCUT2D eigenvalue weighted by Gasteiger charge is -2.08. The molecule has 1 aromatic carbocycles. The van der Waals surface area contributed by atoms with Crippen molar-refractivity contribution in [2.24, 2.45) is 11.8 Å². The van der Waals surface area contributed by atoms with E-state index in [1.54, 1.807) is 7.11 Å². The van der Waals surface area contributed by atoms with Gasteiger partial charge in [0.25, 0.3) is 0 Å². The fourth-order valence-corrected chi connectivity index (χ4v) is 2.44. The van der Waals surface area contributed by atoms with Gasteiger partial charge in [0.2, 0.25) is 0 Å². The molecule has 0 heterocycles. The molecular formula is C14H18O2. The quantitative estimate of drug-likeness (QED) is 0.727. The predicted octanol–water partition coefficient (Wildman–Crippen LogP) is 3.31. The third kappa shape index (κ3) is 2.26. The van der Waals surface area contributed by atoms with Crippen LogP contribution in [0.3, 0.4) is 0 Å². The van der Waals surface area contributed by atoms with Crippen molar-refractivity contribution < 1.29 is 9.53 Å². The minimum absolute atomic E-state index is 0.239. The molecule has 2 rings (SSSR count). The molecule has 0 bridgehead atoms. The van der Waals surface area contributed by atoms with E-state index >= 15 is 0 Å². The normalized spacial score (nSPS) is 24.4. The Morgan fingerprint density at radius 2 is 1.94 bits per heavy atom. The van der Waals surface area contributed by atoms with Gasteiger partial charge in [-0.05, 0) is 49.4 Å². The molecule has 0 radical (unpaired) electrons. The molecule has 2 atom stereocenters. The molecule has 0 spiro atoms. The van der Waals surface area contributed by atoms with Crippen molar-refractivity contribution in [2.75, 3.05) is 7.11 Å². The van der Waals surface area contributed by atoms with Crippen LogP contribution in [0.5, 0.6) is 5.75 Å². The molecule has 2 unspecified atom stereocenters. The molecule has 0 saturated heterocycles. The van der Waals surface area contributed by atoms with E-state index in [1.807, 2.05) is 24.3 Å². The van der Waals surface area contributed by atoms with Gasteiger partial charge >= 0.3 is 0 Å². The minimum atomic E-state index is 0.239. The number of methoxy groups -OCH3 is 1. The number of carbonyl (C=O) groups excluding carboxylic acids is 1. The molecule has 1 aromatic rings. The summed E-state index contributed by atoms with van der Waals surface area (Å²) in [6, 6.07) is 7.44. The monoisotopic (exact) mass is 218 g/mol. The lowest BCUT2D eigenvalue weighted by Crippen LogP contribution is -2.11. The summed E-state index contributed by atoms with van der Waals surface area (Å²) in [5.41, 5.74) is 0.819. The Morgan fingerprint density at radius 3 is 2.44 bits per heavy atom. The van der Waals surface area contributed by atoms with E-state index in [4.69, 9.17) is 4.74 Å². The first-order valence-corrected chi connectivity index (χ1v) is 5.89. The fourth-order valence-electron chi connectivity index (χ4n) is 2.44. The van der Waals surface area contributed by atoms with Gasteiger partial charge in [0.05, 0.1) is 7.11 Å². The molecule has 1 aliphatic rings. The lowest BCUT2D eigenvalue weighted by molar-refractivity contribution is 0.0920. The van der Waals surface area contributed by atoms with Crippen molar-refractivity contribution >= 4 is 5.78 Å². The Balaban J connectivity index is 2.08. The first-order chi connectivity index (χ1) is 7.70. The molecule has 1 saturated carbocycles. The summed E-state index contributed by atoms with van der Waals surface area (Å²) in [5, 5.41) is 0. The SMILES string of the molecule is COc1ccc(C(=O)C2CCC(C)C2)cc1. The number of rotatable bonds is 3. The van der Waals surface area contributed by atoms with Gasteiger partial charge in [0.1, 0.15) is 5.75 Å². The Kier molecular flexibility index (Phi) is 3.28. The highest BCUT2D eigenvalue weighted by molar-refractivity contribution is 5.98. The second-order valence-corrected chi connectivity index (χ2v) is 4.71. The van der Waals surface area contributed by atoms with Crippen LogP contribution in [-0.4, -0.2) is 12.9 Å². The predicted molar refractivity (Wildman–Crippen MR) is 63.8 cm³/mol. The largest absolute Gasteiger partial charge is 0.497 e. The van der Waals surface area contributed by atoms with Crippen LogP contribution < -0.4 is 4.74 Å². The van der Waals surface area contributed by atoms with Crippen molar-refractivity contribution in [2.45, 2.75) is 26.2 Å². The summed E-state index contributed by atoms with van der Waals surface area (Å²) in [6.07, 6.45) is 3.28. The van der Waals surface area contributed by atoms with E-state index in [2.05, 4.69) is 6.92 Å².